The van der Waals surface area contributed by atoms with E-state index < -0.39 is 0 Å². The Hall–Kier alpha value is -1.15. The standard InChI is InChI=1S/C15H20O2/c16-11-15(14-9-5-2-6-10-14)17-12-13-7-3-1-4-8-13/h1,3-4,7-8,11,14-15H,2,5-6,9-10,12H2/t15-/m1/s1. The Labute approximate surface area is 103 Å². The molecule has 0 spiro atoms. The highest BCUT2D eigenvalue weighted by Gasteiger charge is 2.23. The van der Waals surface area contributed by atoms with Gasteiger partial charge in [-0.1, -0.05) is 49.6 Å². The van der Waals surface area contributed by atoms with Crippen LogP contribution in [-0.2, 0) is 16.1 Å². The minimum Gasteiger partial charge on any atom is -0.366 e. The molecule has 0 unspecified atom stereocenters. The van der Waals surface area contributed by atoms with Gasteiger partial charge in [0.05, 0.1) is 6.61 Å². The van der Waals surface area contributed by atoms with Crippen LogP contribution < -0.4 is 0 Å². The summed E-state index contributed by atoms with van der Waals surface area (Å²) in [6, 6.07) is 10.0. The summed E-state index contributed by atoms with van der Waals surface area (Å²) < 4.78 is 5.75. The van der Waals surface area contributed by atoms with Crippen LogP contribution in [0.5, 0.6) is 0 Å². The van der Waals surface area contributed by atoms with Crippen LogP contribution in [0.3, 0.4) is 0 Å². The molecule has 1 saturated carbocycles. The Morgan fingerprint density at radius 2 is 1.88 bits per heavy atom. The van der Waals surface area contributed by atoms with E-state index in [0.29, 0.717) is 12.5 Å². The molecule has 1 fully saturated rings. The topological polar surface area (TPSA) is 26.3 Å². The van der Waals surface area contributed by atoms with E-state index in [1.807, 2.05) is 30.3 Å². The number of rotatable bonds is 5. The van der Waals surface area contributed by atoms with Crippen molar-refractivity contribution in [2.24, 2.45) is 5.92 Å². The molecule has 92 valence electrons. The largest absolute Gasteiger partial charge is 0.366 e. The smallest absolute Gasteiger partial charge is 0.149 e. The van der Waals surface area contributed by atoms with Crippen molar-refractivity contribution in [1.82, 2.24) is 0 Å². The average Bonchev–Trinajstić information content (AvgIpc) is 2.42. The lowest BCUT2D eigenvalue weighted by Crippen LogP contribution is -2.27. The van der Waals surface area contributed by atoms with Gasteiger partial charge in [-0.25, -0.2) is 0 Å². The van der Waals surface area contributed by atoms with Crippen LogP contribution >= 0.6 is 0 Å². The third-order valence-corrected chi connectivity index (χ3v) is 3.53. The minimum absolute atomic E-state index is 0.212. The zero-order valence-electron chi connectivity index (χ0n) is 10.2. The number of hydrogen-bond donors (Lipinski definition) is 0. The molecule has 0 aromatic heterocycles. The van der Waals surface area contributed by atoms with E-state index in [0.717, 1.165) is 24.7 Å². The van der Waals surface area contributed by atoms with Gasteiger partial charge in [0.2, 0.25) is 0 Å². The molecule has 2 heteroatoms. The SMILES string of the molecule is O=C[C@@H](OCc1ccccc1)C1CCCCC1. The number of ether oxygens (including phenoxy) is 1. The van der Waals surface area contributed by atoms with Gasteiger partial charge in [0.15, 0.2) is 0 Å². The molecule has 1 aliphatic carbocycles. The molecule has 0 saturated heterocycles. The van der Waals surface area contributed by atoms with Crippen LogP contribution in [0.25, 0.3) is 0 Å². The zero-order valence-corrected chi connectivity index (χ0v) is 10.2. The Kier molecular flexibility index (Phi) is 4.75. The highest BCUT2D eigenvalue weighted by atomic mass is 16.5. The monoisotopic (exact) mass is 232 g/mol. The summed E-state index contributed by atoms with van der Waals surface area (Å²) in [7, 11) is 0. The van der Waals surface area contributed by atoms with Gasteiger partial charge in [0.1, 0.15) is 12.4 Å². The summed E-state index contributed by atoms with van der Waals surface area (Å²) in [6.07, 6.45) is 6.83. The highest BCUT2D eigenvalue weighted by molar-refractivity contribution is 5.56. The molecule has 0 radical (unpaired) electrons. The van der Waals surface area contributed by atoms with E-state index in [2.05, 4.69) is 0 Å². The van der Waals surface area contributed by atoms with Crippen LogP contribution in [0, 0.1) is 5.92 Å². The van der Waals surface area contributed by atoms with Crippen LogP contribution in [0.15, 0.2) is 30.3 Å². The van der Waals surface area contributed by atoms with Gasteiger partial charge in [-0.2, -0.15) is 0 Å². The number of carbonyl (C=O) groups is 1. The fourth-order valence-electron chi connectivity index (χ4n) is 2.52. The first-order chi connectivity index (χ1) is 8.40. The molecule has 0 amide bonds. The Bertz CT molecular complexity index is 328. The van der Waals surface area contributed by atoms with E-state index >= 15 is 0 Å². The molecule has 0 bridgehead atoms. The van der Waals surface area contributed by atoms with Crippen molar-refractivity contribution in [3.05, 3.63) is 35.9 Å². The van der Waals surface area contributed by atoms with Crippen molar-refractivity contribution in [2.75, 3.05) is 0 Å². The van der Waals surface area contributed by atoms with E-state index in [1.54, 1.807) is 0 Å². The fourth-order valence-corrected chi connectivity index (χ4v) is 2.52. The van der Waals surface area contributed by atoms with Gasteiger partial charge < -0.3 is 9.53 Å². The maximum atomic E-state index is 11.1. The summed E-state index contributed by atoms with van der Waals surface area (Å²) in [6.45, 7) is 0.542. The number of carbonyl (C=O) groups excluding carboxylic acids is 1. The van der Waals surface area contributed by atoms with E-state index in [-0.39, 0.29) is 6.10 Å². The molecule has 17 heavy (non-hydrogen) atoms. The average molecular weight is 232 g/mol. The molecule has 0 aliphatic heterocycles. The van der Waals surface area contributed by atoms with Crippen molar-refractivity contribution in [3.8, 4) is 0 Å². The summed E-state index contributed by atoms with van der Waals surface area (Å²) in [5.74, 6) is 0.435. The summed E-state index contributed by atoms with van der Waals surface area (Å²) in [5, 5.41) is 0. The van der Waals surface area contributed by atoms with Gasteiger partial charge in [-0.05, 0) is 24.3 Å². The normalized spacial score (nSPS) is 18.8. The second-order valence-corrected chi connectivity index (χ2v) is 4.80. The molecule has 2 rings (SSSR count). The molecule has 1 aliphatic rings. The third-order valence-electron chi connectivity index (χ3n) is 3.53. The molecule has 1 aromatic rings. The van der Waals surface area contributed by atoms with Gasteiger partial charge in [-0.3, -0.25) is 0 Å². The van der Waals surface area contributed by atoms with Crippen molar-refractivity contribution < 1.29 is 9.53 Å². The maximum absolute atomic E-state index is 11.1. The lowest BCUT2D eigenvalue weighted by atomic mass is 9.85. The summed E-state index contributed by atoms with van der Waals surface area (Å²) >= 11 is 0. The first kappa shape index (κ1) is 12.3. The maximum Gasteiger partial charge on any atom is 0.149 e. The van der Waals surface area contributed by atoms with Crippen LogP contribution in [0.2, 0.25) is 0 Å². The van der Waals surface area contributed by atoms with Gasteiger partial charge >= 0.3 is 0 Å². The first-order valence-corrected chi connectivity index (χ1v) is 6.51. The van der Waals surface area contributed by atoms with Crippen molar-refractivity contribution in [3.63, 3.8) is 0 Å². The molecule has 1 aromatic carbocycles. The van der Waals surface area contributed by atoms with E-state index in [9.17, 15) is 4.79 Å². The zero-order chi connectivity index (χ0) is 11.9. The highest BCUT2D eigenvalue weighted by Crippen LogP contribution is 2.27. The van der Waals surface area contributed by atoms with Crippen molar-refractivity contribution in [2.45, 2.75) is 44.8 Å². The number of hydrogen-bond acceptors (Lipinski definition) is 2. The van der Waals surface area contributed by atoms with Crippen molar-refractivity contribution >= 4 is 6.29 Å². The predicted octanol–water partition coefficient (Wildman–Crippen LogP) is 3.35. The van der Waals surface area contributed by atoms with E-state index in [4.69, 9.17) is 4.74 Å². The summed E-state index contributed by atoms with van der Waals surface area (Å²) in [5.41, 5.74) is 1.13. The second kappa shape index (κ2) is 6.55. The quantitative estimate of drug-likeness (QED) is 0.728. The lowest BCUT2D eigenvalue weighted by Gasteiger charge is -2.26. The minimum atomic E-state index is -0.212. The molecule has 1 atom stereocenters. The second-order valence-electron chi connectivity index (χ2n) is 4.80. The van der Waals surface area contributed by atoms with Crippen LogP contribution in [0.1, 0.15) is 37.7 Å². The van der Waals surface area contributed by atoms with Crippen LogP contribution in [-0.4, -0.2) is 12.4 Å². The van der Waals surface area contributed by atoms with Crippen LogP contribution in [0.4, 0.5) is 0 Å². The Morgan fingerprint density at radius 1 is 1.18 bits per heavy atom. The lowest BCUT2D eigenvalue weighted by molar-refractivity contribution is -0.123. The first-order valence-electron chi connectivity index (χ1n) is 6.51. The molecular weight excluding hydrogens is 212 g/mol. The number of aldehydes is 1. The molecule has 0 heterocycles. The predicted molar refractivity (Wildman–Crippen MR) is 67.7 cm³/mol. The summed E-state index contributed by atoms with van der Waals surface area (Å²) in [4.78, 5) is 11.1. The molecule has 0 N–H and O–H groups in total. The van der Waals surface area contributed by atoms with Gasteiger partial charge in [-0.15, -0.1) is 0 Å². The van der Waals surface area contributed by atoms with Gasteiger partial charge in [0, 0.05) is 0 Å². The molecule has 2 nitrogen and oxygen atoms in total. The third kappa shape index (κ3) is 3.67. The Balaban J connectivity index is 1.85. The van der Waals surface area contributed by atoms with E-state index in [1.165, 1.54) is 19.3 Å². The molecular formula is C15H20O2. The number of benzene rings is 1. The fraction of sp³-hybridized carbons (Fsp3) is 0.533. The van der Waals surface area contributed by atoms with Gasteiger partial charge in [0.25, 0.3) is 0 Å². The Morgan fingerprint density at radius 3 is 2.53 bits per heavy atom. The van der Waals surface area contributed by atoms with Crippen molar-refractivity contribution in [1.29, 1.82) is 0 Å².